The number of nitrogens with two attached hydrogens (primary N) is 1. The van der Waals surface area contributed by atoms with E-state index in [9.17, 15) is 4.79 Å². The molecule has 1 unspecified atom stereocenters. The van der Waals surface area contributed by atoms with Gasteiger partial charge in [-0.05, 0) is 11.6 Å². The van der Waals surface area contributed by atoms with Crippen LogP contribution in [0.4, 0.5) is 0 Å². The van der Waals surface area contributed by atoms with Gasteiger partial charge in [-0.1, -0.05) is 6.07 Å². The van der Waals surface area contributed by atoms with Crippen LogP contribution in [0.15, 0.2) is 24.5 Å². The van der Waals surface area contributed by atoms with Crippen LogP contribution in [-0.2, 0) is 16.1 Å². The van der Waals surface area contributed by atoms with Crippen molar-refractivity contribution in [2.24, 2.45) is 5.73 Å². The van der Waals surface area contributed by atoms with Crippen molar-refractivity contribution >= 4 is 5.91 Å². The standard InChI is InChI=1S/C15H24N4O2/c1-21-14(10-16)9-15(20)19-7-5-18(6-8-19)12-13-3-2-4-17-11-13/h2-4,11,14H,5-10,12,16H2,1H3. The van der Waals surface area contributed by atoms with Gasteiger partial charge in [0.1, 0.15) is 0 Å². The lowest BCUT2D eigenvalue weighted by molar-refractivity contribution is -0.135. The van der Waals surface area contributed by atoms with E-state index in [1.165, 1.54) is 5.56 Å². The van der Waals surface area contributed by atoms with E-state index in [-0.39, 0.29) is 12.0 Å². The first kappa shape index (κ1) is 15.9. The van der Waals surface area contributed by atoms with Gasteiger partial charge in [0.25, 0.3) is 0 Å². The van der Waals surface area contributed by atoms with E-state index in [2.05, 4.69) is 16.0 Å². The molecule has 0 aliphatic carbocycles. The first-order chi connectivity index (χ1) is 10.2. The molecule has 1 aromatic heterocycles. The Morgan fingerprint density at radius 3 is 2.76 bits per heavy atom. The first-order valence-electron chi connectivity index (χ1n) is 7.35. The molecule has 1 fully saturated rings. The summed E-state index contributed by atoms with van der Waals surface area (Å²) in [5.41, 5.74) is 6.77. The molecule has 0 saturated carbocycles. The summed E-state index contributed by atoms with van der Waals surface area (Å²) in [5.74, 6) is 0.133. The maximum absolute atomic E-state index is 12.2. The number of amides is 1. The number of ether oxygens (including phenoxy) is 1. The lowest BCUT2D eigenvalue weighted by atomic mass is 10.2. The number of carbonyl (C=O) groups is 1. The molecule has 1 aliphatic rings. The van der Waals surface area contributed by atoms with Crippen LogP contribution in [-0.4, -0.2) is 66.6 Å². The van der Waals surface area contributed by atoms with Crippen molar-refractivity contribution in [3.05, 3.63) is 30.1 Å². The molecule has 21 heavy (non-hydrogen) atoms. The molecule has 0 radical (unpaired) electrons. The minimum Gasteiger partial charge on any atom is -0.380 e. The average Bonchev–Trinajstić information content (AvgIpc) is 2.54. The Bertz CT molecular complexity index is 429. The molecule has 0 aromatic carbocycles. The molecule has 1 amide bonds. The summed E-state index contributed by atoms with van der Waals surface area (Å²) < 4.78 is 5.17. The largest absolute Gasteiger partial charge is 0.380 e. The third-order valence-corrected chi connectivity index (χ3v) is 3.85. The van der Waals surface area contributed by atoms with Crippen LogP contribution in [0.3, 0.4) is 0 Å². The highest BCUT2D eigenvalue weighted by molar-refractivity contribution is 5.76. The van der Waals surface area contributed by atoms with Crippen LogP contribution in [0, 0.1) is 0 Å². The molecule has 1 aromatic rings. The first-order valence-corrected chi connectivity index (χ1v) is 7.35. The number of rotatable bonds is 6. The van der Waals surface area contributed by atoms with Gasteiger partial charge in [0.2, 0.25) is 5.91 Å². The molecule has 2 heterocycles. The number of carbonyl (C=O) groups excluding carboxylic acids is 1. The van der Waals surface area contributed by atoms with Crippen molar-refractivity contribution < 1.29 is 9.53 Å². The monoisotopic (exact) mass is 292 g/mol. The smallest absolute Gasteiger partial charge is 0.225 e. The van der Waals surface area contributed by atoms with Gasteiger partial charge < -0.3 is 15.4 Å². The van der Waals surface area contributed by atoms with E-state index in [4.69, 9.17) is 10.5 Å². The Hall–Kier alpha value is -1.50. The summed E-state index contributed by atoms with van der Waals surface area (Å²) in [4.78, 5) is 20.5. The van der Waals surface area contributed by atoms with Gasteiger partial charge in [-0.25, -0.2) is 0 Å². The van der Waals surface area contributed by atoms with Gasteiger partial charge in [-0.15, -0.1) is 0 Å². The maximum Gasteiger partial charge on any atom is 0.225 e. The molecular weight excluding hydrogens is 268 g/mol. The van der Waals surface area contributed by atoms with Crippen molar-refractivity contribution in [2.45, 2.75) is 19.1 Å². The highest BCUT2D eigenvalue weighted by Gasteiger charge is 2.23. The highest BCUT2D eigenvalue weighted by atomic mass is 16.5. The Balaban J connectivity index is 1.76. The molecule has 1 atom stereocenters. The highest BCUT2D eigenvalue weighted by Crippen LogP contribution is 2.09. The van der Waals surface area contributed by atoms with E-state index in [0.29, 0.717) is 13.0 Å². The zero-order valence-corrected chi connectivity index (χ0v) is 12.6. The maximum atomic E-state index is 12.2. The molecule has 1 saturated heterocycles. The molecule has 116 valence electrons. The summed E-state index contributed by atoms with van der Waals surface area (Å²) in [5, 5.41) is 0. The summed E-state index contributed by atoms with van der Waals surface area (Å²) in [6.45, 7) is 4.57. The minimum atomic E-state index is -0.175. The Morgan fingerprint density at radius 2 is 2.19 bits per heavy atom. The number of methoxy groups -OCH3 is 1. The number of aromatic nitrogens is 1. The van der Waals surface area contributed by atoms with E-state index in [1.807, 2.05) is 17.2 Å². The Labute approximate surface area is 125 Å². The average molecular weight is 292 g/mol. The van der Waals surface area contributed by atoms with Gasteiger partial charge in [0.15, 0.2) is 0 Å². The van der Waals surface area contributed by atoms with Crippen LogP contribution in [0.5, 0.6) is 0 Å². The minimum absolute atomic E-state index is 0.133. The van der Waals surface area contributed by atoms with Crippen LogP contribution in [0.1, 0.15) is 12.0 Å². The van der Waals surface area contributed by atoms with Crippen molar-refractivity contribution in [1.82, 2.24) is 14.8 Å². The lowest BCUT2D eigenvalue weighted by Crippen LogP contribution is -2.49. The van der Waals surface area contributed by atoms with Crippen LogP contribution < -0.4 is 5.73 Å². The molecule has 2 rings (SSSR count). The summed E-state index contributed by atoms with van der Waals surface area (Å²) in [6, 6.07) is 4.03. The van der Waals surface area contributed by atoms with Crippen LogP contribution in [0.2, 0.25) is 0 Å². The third-order valence-electron chi connectivity index (χ3n) is 3.85. The van der Waals surface area contributed by atoms with Gasteiger partial charge in [0.05, 0.1) is 12.5 Å². The van der Waals surface area contributed by atoms with Crippen molar-refractivity contribution in [1.29, 1.82) is 0 Å². The number of pyridine rings is 1. The molecule has 0 spiro atoms. The predicted octanol–water partition coefficient (Wildman–Crippen LogP) is 0.0896. The number of piperazine rings is 1. The van der Waals surface area contributed by atoms with Crippen molar-refractivity contribution in [3.8, 4) is 0 Å². The van der Waals surface area contributed by atoms with Gasteiger partial charge >= 0.3 is 0 Å². The third kappa shape index (κ3) is 4.77. The summed E-state index contributed by atoms with van der Waals surface area (Å²) in [6.07, 6.45) is 3.87. The molecule has 0 bridgehead atoms. The Kier molecular flexibility index (Phi) is 6.10. The van der Waals surface area contributed by atoms with E-state index in [0.717, 1.165) is 32.7 Å². The van der Waals surface area contributed by atoms with Gasteiger partial charge in [-0.3, -0.25) is 14.7 Å². The zero-order valence-electron chi connectivity index (χ0n) is 12.6. The SMILES string of the molecule is COC(CN)CC(=O)N1CCN(Cc2cccnc2)CC1. The fourth-order valence-corrected chi connectivity index (χ4v) is 2.49. The van der Waals surface area contributed by atoms with E-state index >= 15 is 0 Å². The second-order valence-corrected chi connectivity index (χ2v) is 5.32. The van der Waals surface area contributed by atoms with Gasteiger partial charge in [-0.2, -0.15) is 0 Å². The lowest BCUT2D eigenvalue weighted by Gasteiger charge is -2.35. The molecule has 6 nitrogen and oxygen atoms in total. The molecular formula is C15H24N4O2. The molecule has 1 aliphatic heterocycles. The Morgan fingerprint density at radius 1 is 1.43 bits per heavy atom. The second-order valence-electron chi connectivity index (χ2n) is 5.32. The van der Waals surface area contributed by atoms with Crippen molar-refractivity contribution in [3.63, 3.8) is 0 Å². The fourth-order valence-electron chi connectivity index (χ4n) is 2.49. The summed E-state index contributed by atoms with van der Waals surface area (Å²) in [7, 11) is 1.59. The van der Waals surface area contributed by atoms with Crippen molar-refractivity contribution in [2.75, 3.05) is 39.8 Å². The van der Waals surface area contributed by atoms with E-state index < -0.39 is 0 Å². The quantitative estimate of drug-likeness (QED) is 0.804. The van der Waals surface area contributed by atoms with E-state index in [1.54, 1.807) is 13.3 Å². The number of nitrogens with zero attached hydrogens (tertiary/aromatic N) is 3. The molecule has 2 N–H and O–H groups in total. The fraction of sp³-hybridized carbons (Fsp3) is 0.600. The van der Waals surface area contributed by atoms with Crippen LogP contribution >= 0.6 is 0 Å². The predicted molar refractivity (Wildman–Crippen MR) is 80.6 cm³/mol. The second kappa shape index (κ2) is 8.07. The zero-order chi connectivity index (χ0) is 15.1. The normalized spacial score (nSPS) is 17.7. The number of hydrogen-bond donors (Lipinski definition) is 1. The molecule has 6 heteroatoms. The van der Waals surface area contributed by atoms with Crippen LogP contribution in [0.25, 0.3) is 0 Å². The summed E-state index contributed by atoms with van der Waals surface area (Å²) >= 11 is 0. The van der Waals surface area contributed by atoms with Gasteiger partial charge in [0, 0.05) is 58.8 Å². The number of hydrogen-bond acceptors (Lipinski definition) is 5. The topological polar surface area (TPSA) is 71.7 Å².